The minimum Gasteiger partial charge on any atom is -0.446 e. The summed E-state index contributed by atoms with van der Waals surface area (Å²) in [6.07, 6.45) is 3.88. The Morgan fingerprint density at radius 1 is 1.50 bits per heavy atom. The molecule has 0 spiro atoms. The van der Waals surface area contributed by atoms with Gasteiger partial charge >= 0.3 is 5.97 Å². The second-order valence-electron chi connectivity index (χ2n) is 4.83. The van der Waals surface area contributed by atoms with Crippen LogP contribution in [-0.4, -0.2) is 17.1 Å². The first kappa shape index (κ1) is 13.9. The van der Waals surface area contributed by atoms with Gasteiger partial charge in [0.1, 0.15) is 17.7 Å². The van der Waals surface area contributed by atoms with Gasteiger partial charge in [-0.05, 0) is 44.4 Å². The summed E-state index contributed by atoms with van der Waals surface area (Å²) >= 11 is 0. The molecule has 1 aliphatic rings. The summed E-state index contributed by atoms with van der Waals surface area (Å²) in [6.45, 7) is 3.65. The predicted octanol–water partition coefficient (Wildman–Crippen LogP) is 2.41. The first-order chi connectivity index (χ1) is 9.58. The zero-order valence-corrected chi connectivity index (χ0v) is 11.5. The maximum absolute atomic E-state index is 11.6. The molecule has 102 valence electrons. The van der Waals surface area contributed by atoms with Crippen molar-refractivity contribution in [2.24, 2.45) is 0 Å². The van der Waals surface area contributed by atoms with Crippen molar-refractivity contribution in [3.8, 4) is 12.1 Å². The minimum atomic E-state index is -0.759. The Bertz CT molecular complexity index is 652. The average molecular weight is 269 g/mol. The van der Waals surface area contributed by atoms with Gasteiger partial charge in [-0.1, -0.05) is 0 Å². The molecule has 1 aliphatic carbocycles. The molecule has 0 radical (unpaired) electrons. The molecule has 0 N–H and O–H groups in total. The molecule has 0 atom stereocenters. The number of esters is 1. The summed E-state index contributed by atoms with van der Waals surface area (Å²) in [5, 5.41) is 17.4. The van der Waals surface area contributed by atoms with Crippen molar-refractivity contribution < 1.29 is 9.53 Å². The molecule has 5 nitrogen and oxygen atoms in total. The zero-order valence-electron chi connectivity index (χ0n) is 11.5. The number of nitrogens with zero attached hydrogens (tertiary/aromatic N) is 3. The number of nitriles is 2. The number of hydrogen-bond acceptors (Lipinski definition) is 4. The molecule has 1 saturated carbocycles. The van der Waals surface area contributed by atoms with Crippen molar-refractivity contribution in [1.82, 2.24) is 4.57 Å². The van der Waals surface area contributed by atoms with Crippen LogP contribution in [0.2, 0.25) is 0 Å². The average Bonchev–Trinajstić information content (AvgIpc) is 3.21. The third-order valence-corrected chi connectivity index (χ3v) is 3.34. The first-order valence-corrected chi connectivity index (χ1v) is 6.42. The van der Waals surface area contributed by atoms with Crippen LogP contribution in [0.5, 0.6) is 0 Å². The first-order valence-electron chi connectivity index (χ1n) is 6.42. The van der Waals surface area contributed by atoms with Crippen LogP contribution in [0.3, 0.4) is 0 Å². The van der Waals surface area contributed by atoms with Crippen LogP contribution in [0.1, 0.15) is 35.8 Å². The van der Waals surface area contributed by atoms with Gasteiger partial charge in [-0.15, -0.1) is 0 Å². The fourth-order valence-electron chi connectivity index (χ4n) is 2.31. The number of ether oxygens (including phenoxy) is 1. The van der Waals surface area contributed by atoms with Crippen LogP contribution in [0.4, 0.5) is 0 Å². The lowest BCUT2D eigenvalue weighted by molar-refractivity contribution is -0.137. The van der Waals surface area contributed by atoms with E-state index in [1.165, 1.54) is 18.9 Å². The third kappa shape index (κ3) is 2.73. The van der Waals surface area contributed by atoms with Gasteiger partial charge in [0.15, 0.2) is 6.61 Å². The molecule has 1 aromatic heterocycles. The van der Waals surface area contributed by atoms with Gasteiger partial charge in [0.2, 0.25) is 0 Å². The molecule has 20 heavy (non-hydrogen) atoms. The van der Waals surface area contributed by atoms with Crippen molar-refractivity contribution >= 4 is 12.0 Å². The highest BCUT2D eigenvalue weighted by molar-refractivity contribution is 5.98. The molecule has 0 aromatic carbocycles. The molecule has 1 aromatic rings. The highest BCUT2D eigenvalue weighted by Crippen LogP contribution is 2.38. The van der Waals surface area contributed by atoms with Crippen LogP contribution in [-0.2, 0) is 9.53 Å². The Morgan fingerprint density at radius 2 is 2.20 bits per heavy atom. The summed E-state index contributed by atoms with van der Waals surface area (Å²) in [4.78, 5) is 11.6. The lowest BCUT2D eigenvalue weighted by Crippen LogP contribution is -2.07. The van der Waals surface area contributed by atoms with E-state index >= 15 is 0 Å². The molecule has 0 aliphatic heterocycles. The minimum absolute atomic E-state index is 0.0868. The quantitative estimate of drug-likeness (QED) is 0.477. The van der Waals surface area contributed by atoms with Crippen molar-refractivity contribution in [3.05, 3.63) is 28.6 Å². The second kappa shape index (κ2) is 5.63. The number of rotatable bonds is 4. The molecule has 1 fully saturated rings. The number of hydrogen-bond donors (Lipinski definition) is 0. The molecule has 0 amide bonds. The Balaban J connectivity index is 2.29. The van der Waals surface area contributed by atoms with E-state index < -0.39 is 5.97 Å². The fraction of sp³-hybridized carbons (Fsp3) is 0.400. The van der Waals surface area contributed by atoms with Gasteiger partial charge in [0.25, 0.3) is 0 Å². The smallest absolute Gasteiger partial charge is 0.349 e. The summed E-state index contributed by atoms with van der Waals surface area (Å²) in [6, 6.07) is 6.04. The third-order valence-electron chi connectivity index (χ3n) is 3.34. The summed E-state index contributed by atoms with van der Waals surface area (Å²) in [7, 11) is 0. The SMILES string of the molecule is Cc1cc(/C=C(\C#N)C(=O)OCC#N)c(C)n1C1CC1. The number of aryl methyl sites for hydroxylation is 1. The normalized spacial score (nSPS) is 14.5. The maximum atomic E-state index is 11.6. The van der Waals surface area contributed by atoms with E-state index in [9.17, 15) is 4.79 Å². The largest absolute Gasteiger partial charge is 0.446 e. The maximum Gasteiger partial charge on any atom is 0.349 e. The van der Waals surface area contributed by atoms with E-state index in [4.69, 9.17) is 10.5 Å². The highest BCUT2D eigenvalue weighted by atomic mass is 16.5. The summed E-state index contributed by atoms with van der Waals surface area (Å²) in [5.41, 5.74) is 2.93. The number of carbonyl (C=O) groups is 1. The molecule has 0 bridgehead atoms. The molecule has 0 unspecified atom stereocenters. The summed E-state index contributed by atoms with van der Waals surface area (Å²) < 4.78 is 6.89. The van der Waals surface area contributed by atoms with Crippen LogP contribution < -0.4 is 0 Å². The van der Waals surface area contributed by atoms with Gasteiger partial charge < -0.3 is 9.30 Å². The zero-order chi connectivity index (χ0) is 14.7. The van der Waals surface area contributed by atoms with Crippen molar-refractivity contribution in [3.63, 3.8) is 0 Å². The van der Waals surface area contributed by atoms with E-state index in [0.29, 0.717) is 6.04 Å². The van der Waals surface area contributed by atoms with E-state index in [1.807, 2.05) is 26.0 Å². The van der Waals surface area contributed by atoms with E-state index in [2.05, 4.69) is 9.30 Å². The molecular formula is C15H15N3O2. The molecular weight excluding hydrogens is 254 g/mol. The van der Waals surface area contributed by atoms with Gasteiger partial charge in [-0.2, -0.15) is 10.5 Å². The van der Waals surface area contributed by atoms with Crippen molar-refractivity contribution in [2.75, 3.05) is 6.61 Å². The Labute approximate surface area is 117 Å². The fourth-order valence-corrected chi connectivity index (χ4v) is 2.31. The van der Waals surface area contributed by atoms with Gasteiger partial charge in [0.05, 0.1) is 0 Å². The van der Waals surface area contributed by atoms with E-state index in [-0.39, 0.29) is 12.2 Å². The van der Waals surface area contributed by atoms with Crippen molar-refractivity contribution in [2.45, 2.75) is 32.7 Å². The van der Waals surface area contributed by atoms with Crippen molar-refractivity contribution in [1.29, 1.82) is 10.5 Å². The van der Waals surface area contributed by atoms with E-state index in [0.717, 1.165) is 17.0 Å². The van der Waals surface area contributed by atoms with Crippen LogP contribution in [0.25, 0.3) is 6.08 Å². The monoisotopic (exact) mass is 269 g/mol. The van der Waals surface area contributed by atoms with Crippen LogP contribution in [0, 0.1) is 36.5 Å². The van der Waals surface area contributed by atoms with Gasteiger partial charge in [-0.3, -0.25) is 0 Å². The molecule has 1 heterocycles. The topological polar surface area (TPSA) is 78.8 Å². The Morgan fingerprint density at radius 3 is 2.75 bits per heavy atom. The van der Waals surface area contributed by atoms with Crippen LogP contribution in [0.15, 0.2) is 11.6 Å². The predicted molar refractivity (Wildman–Crippen MR) is 72.3 cm³/mol. The lowest BCUT2D eigenvalue weighted by Gasteiger charge is -2.06. The second-order valence-corrected chi connectivity index (χ2v) is 4.83. The van der Waals surface area contributed by atoms with Gasteiger partial charge in [0, 0.05) is 17.4 Å². The standard InChI is InChI=1S/C15H15N3O2/c1-10-7-12(11(2)18(10)14-3-4-14)8-13(9-17)15(19)20-6-5-16/h7-8,14H,3-4,6H2,1-2H3/b13-8+. The van der Waals surface area contributed by atoms with Gasteiger partial charge in [-0.25, -0.2) is 4.79 Å². The summed E-state index contributed by atoms with van der Waals surface area (Å²) in [5.74, 6) is -0.759. The number of aromatic nitrogens is 1. The molecule has 5 heteroatoms. The highest BCUT2D eigenvalue weighted by Gasteiger charge is 2.26. The van der Waals surface area contributed by atoms with E-state index in [1.54, 1.807) is 6.07 Å². The molecule has 0 saturated heterocycles. The Hall–Kier alpha value is -2.53. The number of carbonyl (C=O) groups excluding carboxylic acids is 1. The Kier molecular flexibility index (Phi) is 3.91. The van der Waals surface area contributed by atoms with Crippen LogP contribution >= 0.6 is 0 Å². The molecule has 2 rings (SSSR count). The lowest BCUT2D eigenvalue weighted by atomic mass is 10.1.